The molecular weight excluding hydrogens is 324 g/mol. The van der Waals surface area contributed by atoms with Crippen LogP contribution in [0.3, 0.4) is 0 Å². The molecule has 2 N–H and O–H groups in total. The molecule has 1 fully saturated rings. The summed E-state index contributed by atoms with van der Waals surface area (Å²) in [6.45, 7) is 2.55. The molecule has 1 aliphatic rings. The van der Waals surface area contributed by atoms with E-state index in [1.165, 1.54) is 4.40 Å². The Bertz CT molecular complexity index is 728. The SMILES string of the molecule is O=C1C[NH+](Cc2cc(=O)n3cc(Br)ccc3n2)CCN1. The van der Waals surface area contributed by atoms with Crippen LogP contribution in [0.25, 0.3) is 5.65 Å². The fourth-order valence-corrected chi connectivity index (χ4v) is 2.72. The molecule has 0 spiro atoms. The molecule has 0 bridgehead atoms. The average molecular weight is 338 g/mol. The van der Waals surface area contributed by atoms with Crippen LogP contribution < -0.4 is 15.8 Å². The number of piperazine rings is 1. The zero-order valence-electron chi connectivity index (χ0n) is 10.7. The minimum atomic E-state index is -0.104. The Kier molecular flexibility index (Phi) is 3.54. The third kappa shape index (κ3) is 2.73. The fourth-order valence-electron chi connectivity index (χ4n) is 2.38. The molecule has 0 aromatic carbocycles. The molecule has 0 saturated carbocycles. The number of nitrogens with one attached hydrogen (secondary N) is 2. The Morgan fingerprint density at radius 1 is 1.40 bits per heavy atom. The van der Waals surface area contributed by atoms with Gasteiger partial charge in [0, 0.05) is 16.7 Å². The molecule has 0 aliphatic carbocycles. The second-order valence-corrected chi connectivity index (χ2v) is 5.78. The predicted octanol–water partition coefficient (Wildman–Crippen LogP) is -1.03. The largest absolute Gasteiger partial charge is 0.346 e. The summed E-state index contributed by atoms with van der Waals surface area (Å²) >= 11 is 3.34. The number of halogens is 1. The maximum atomic E-state index is 12.1. The molecular formula is C13H14BrN4O2+. The van der Waals surface area contributed by atoms with Crippen molar-refractivity contribution in [1.82, 2.24) is 14.7 Å². The van der Waals surface area contributed by atoms with Gasteiger partial charge in [0.2, 0.25) is 0 Å². The van der Waals surface area contributed by atoms with Crippen molar-refractivity contribution in [2.45, 2.75) is 6.54 Å². The highest BCUT2D eigenvalue weighted by molar-refractivity contribution is 9.10. The minimum Gasteiger partial charge on any atom is -0.346 e. The molecule has 1 amide bonds. The van der Waals surface area contributed by atoms with Crippen LogP contribution in [-0.2, 0) is 11.3 Å². The van der Waals surface area contributed by atoms with Gasteiger partial charge in [-0.05, 0) is 28.1 Å². The highest BCUT2D eigenvalue weighted by atomic mass is 79.9. The number of quaternary nitrogens is 1. The quantitative estimate of drug-likeness (QED) is 0.736. The van der Waals surface area contributed by atoms with E-state index in [-0.39, 0.29) is 11.5 Å². The van der Waals surface area contributed by atoms with Crippen LogP contribution in [-0.4, -0.2) is 34.9 Å². The minimum absolute atomic E-state index is 0.0488. The first-order chi connectivity index (χ1) is 9.61. The molecule has 2 aromatic rings. The zero-order chi connectivity index (χ0) is 14.1. The number of aromatic nitrogens is 2. The van der Waals surface area contributed by atoms with Gasteiger partial charge in [-0.3, -0.25) is 14.0 Å². The van der Waals surface area contributed by atoms with Gasteiger partial charge in [-0.1, -0.05) is 0 Å². The summed E-state index contributed by atoms with van der Waals surface area (Å²) in [5, 5.41) is 2.79. The van der Waals surface area contributed by atoms with Crippen LogP contribution in [0.15, 0.2) is 33.7 Å². The number of pyridine rings is 1. The number of carbonyl (C=O) groups is 1. The van der Waals surface area contributed by atoms with E-state index < -0.39 is 0 Å². The number of hydrogen-bond acceptors (Lipinski definition) is 3. The third-order valence-corrected chi connectivity index (χ3v) is 3.79. The molecule has 3 rings (SSSR count). The van der Waals surface area contributed by atoms with Gasteiger partial charge in [0.15, 0.2) is 6.54 Å². The number of rotatable bonds is 2. The van der Waals surface area contributed by atoms with Crippen molar-refractivity contribution < 1.29 is 9.69 Å². The zero-order valence-corrected chi connectivity index (χ0v) is 12.3. The van der Waals surface area contributed by atoms with Crippen molar-refractivity contribution in [3.8, 4) is 0 Å². The van der Waals surface area contributed by atoms with E-state index in [4.69, 9.17) is 0 Å². The maximum absolute atomic E-state index is 12.1. The Hall–Kier alpha value is -1.73. The van der Waals surface area contributed by atoms with E-state index in [9.17, 15) is 9.59 Å². The molecule has 2 aromatic heterocycles. The van der Waals surface area contributed by atoms with Gasteiger partial charge in [0.25, 0.3) is 11.5 Å². The van der Waals surface area contributed by atoms with E-state index in [1.807, 2.05) is 6.07 Å². The predicted molar refractivity (Wildman–Crippen MR) is 76.6 cm³/mol. The third-order valence-electron chi connectivity index (χ3n) is 3.32. The summed E-state index contributed by atoms with van der Waals surface area (Å²) in [5.74, 6) is 0.0488. The molecule has 1 atom stereocenters. The lowest BCUT2D eigenvalue weighted by molar-refractivity contribution is -0.907. The molecule has 3 heterocycles. The Morgan fingerprint density at radius 2 is 2.25 bits per heavy atom. The van der Waals surface area contributed by atoms with Crippen molar-refractivity contribution in [3.63, 3.8) is 0 Å². The van der Waals surface area contributed by atoms with Crippen LogP contribution in [0.1, 0.15) is 5.69 Å². The van der Waals surface area contributed by atoms with E-state index in [0.29, 0.717) is 25.3 Å². The number of fused-ring (bicyclic) bond motifs is 1. The Labute approximate surface area is 123 Å². The summed E-state index contributed by atoms with van der Waals surface area (Å²) in [5.41, 5.74) is 1.24. The Morgan fingerprint density at radius 3 is 3.05 bits per heavy atom. The first kappa shape index (κ1) is 13.3. The van der Waals surface area contributed by atoms with Crippen LogP contribution >= 0.6 is 15.9 Å². The lowest BCUT2D eigenvalue weighted by atomic mass is 10.3. The van der Waals surface area contributed by atoms with Crippen LogP contribution in [0, 0.1) is 0 Å². The molecule has 1 unspecified atom stereocenters. The standard InChI is InChI=1S/C13H13BrN4O2/c14-9-1-2-11-16-10(5-13(20)18(11)6-9)7-17-4-3-15-12(19)8-17/h1-2,5-6H,3-4,7-8H2,(H,15,19)/p+1. The number of nitrogens with zero attached hydrogens (tertiary/aromatic N) is 2. The average Bonchev–Trinajstić information content (AvgIpc) is 2.40. The summed E-state index contributed by atoms with van der Waals surface area (Å²) < 4.78 is 2.34. The lowest BCUT2D eigenvalue weighted by Crippen LogP contribution is -3.14. The van der Waals surface area contributed by atoms with Crippen molar-refractivity contribution in [3.05, 3.63) is 44.9 Å². The molecule has 0 radical (unpaired) electrons. The van der Waals surface area contributed by atoms with Crippen molar-refractivity contribution in [2.75, 3.05) is 19.6 Å². The highest BCUT2D eigenvalue weighted by Crippen LogP contribution is 2.09. The van der Waals surface area contributed by atoms with Gasteiger partial charge < -0.3 is 10.2 Å². The van der Waals surface area contributed by atoms with Crippen molar-refractivity contribution >= 4 is 27.5 Å². The van der Waals surface area contributed by atoms with Crippen molar-refractivity contribution in [2.24, 2.45) is 0 Å². The van der Waals surface area contributed by atoms with Gasteiger partial charge in [-0.2, -0.15) is 0 Å². The van der Waals surface area contributed by atoms with Gasteiger partial charge >= 0.3 is 0 Å². The second-order valence-electron chi connectivity index (χ2n) is 4.86. The van der Waals surface area contributed by atoms with E-state index in [0.717, 1.165) is 21.6 Å². The van der Waals surface area contributed by atoms with Crippen LogP contribution in [0.4, 0.5) is 0 Å². The van der Waals surface area contributed by atoms with E-state index in [1.54, 1.807) is 18.3 Å². The molecule has 1 aliphatic heterocycles. The molecule has 6 nitrogen and oxygen atoms in total. The molecule has 20 heavy (non-hydrogen) atoms. The molecule has 7 heteroatoms. The number of amides is 1. The second kappa shape index (κ2) is 5.34. The fraction of sp³-hybridized carbons (Fsp3) is 0.308. The van der Waals surface area contributed by atoms with Crippen LogP contribution in [0.2, 0.25) is 0 Å². The molecule has 1 saturated heterocycles. The van der Waals surface area contributed by atoms with E-state index >= 15 is 0 Å². The summed E-state index contributed by atoms with van der Waals surface area (Å²) in [6.07, 6.45) is 1.70. The smallest absolute Gasteiger partial charge is 0.275 e. The van der Waals surface area contributed by atoms with Gasteiger partial charge in [-0.25, -0.2) is 4.98 Å². The lowest BCUT2D eigenvalue weighted by Gasteiger charge is -2.23. The molecule has 104 valence electrons. The first-order valence-corrected chi connectivity index (χ1v) is 7.19. The van der Waals surface area contributed by atoms with E-state index in [2.05, 4.69) is 26.2 Å². The monoisotopic (exact) mass is 337 g/mol. The highest BCUT2D eigenvalue weighted by Gasteiger charge is 2.20. The number of hydrogen-bond donors (Lipinski definition) is 2. The first-order valence-electron chi connectivity index (χ1n) is 6.40. The Balaban J connectivity index is 1.91. The van der Waals surface area contributed by atoms with Gasteiger partial charge in [-0.15, -0.1) is 0 Å². The normalized spacial score (nSPS) is 19.1. The maximum Gasteiger partial charge on any atom is 0.275 e. The summed E-state index contributed by atoms with van der Waals surface area (Å²) in [4.78, 5) is 29.0. The topological polar surface area (TPSA) is 67.9 Å². The summed E-state index contributed by atoms with van der Waals surface area (Å²) in [7, 11) is 0. The number of carbonyl (C=O) groups excluding carboxylic acids is 1. The van der Waals surface area contributed by atoms with Gasteiger partial charge in [0.05, 0.1) is 13.1 Å². The van der Waals surface area contributed by atoms with Crippen molar-refractivity contribution in [1.29, 1.82) is 0 Å². The van der Waals surface area contributed by atoms with Gasteiger partial charge in [0.1, 0.15) is 17.9 Å². The van der Waals surface area contributed by atoms with Crippen LogP contribution in [0.5, 0.6) is 0 Å². The summed E-state index contributed by atoms with van der Waals surface area (Å²) in [6, 6.07) is 5.19.